The van der Waals surface area contributed by atoms with Gasteiger partial charge in [-0.2, -0.15) is 0 Å². The molecule has 2 heterocycles. The zero-order chi connectivity index (χ0) is 20.7. The van der Waals surface area contributed by atoms with Crippen molar-refractivity contribution in [1.82, 2.24) is 15.6 Å². The second kappa shape index (κ2) is 10.2. The molecule has 0 aromatic carbocycles. The van der Waals surface area contributed by atoms with Crippen molar-refractivity contribution < 1.29 is 28.8 Å². The molecule has 0 unspecified atom stereocenters. The molecule has 3 amide bonds. The zero-order valence-electron chi connectivity index (χ0n) is 14.7. The molecule has 1 fully saturated rings. The quantitative estimate of drug-likeness (QED) is 0.150. The topological polar surface area (TPSA) is 148 Å². The van der Waals surface area contributed by atoms with E-state index in [1.165, 1.54) is 19.6 Å². The number of esters is 1. The summed E-state index contributed by atoms with van der Waals surface area (Å²) in [4.78, 5) is 55.7. The number of oxime groups is 1. The van der Waals surface area contributed by atoms with Crippen LogP contribution in [0.2, 0.25) is 0 Å². The number of hydrogen-bond donors (Lipinski definition) is 3. The maximum Gasteiger partial charge on any atom is 0.315 e. The highest BCUT2D eigenvalue weighted by Crippen LogP contribution is 2.21. The molecule has 11 nitrogen and oxygen atoms in total. The number of rotatable bonds is 9. The Bertz CT molecular complexity index is 801. The molecule has 152 valence electrons. The van der Waals surface area contributed by atoms with Crippen LogP contribution in [-0.2, 0) is 28.8 Å². The third-order valence-corrected chi connectivity index (χ3v) is 5.43. The molecule has 1 aromatic rings. The van der Waals surface area contributed by atoms with Crippen molar-refractivity contribution in [2.24, 2.45) is 5.16 Å². The number of nitrogens with one attached hydrogen (secondary N) is 3. The van der Waals surface area contributed by atoms with Crippen LogP contribution in [0.3, 0.4) is 0 Å². The maximum atomic E-state index is 12.6. The Kier molecular flexibility index (Phi) is 8.02. The number of hydrogen-bond acceptors (Lipinski definition) is 10. The second-order valence-corrected chi connectivity index (χ2v) is 7.36. The van der Waals surface area contributed by atoms with E-state index in [2.05, 4.69) is 35.7 Å². The number of anilines is 1. The lowest BCUT2D eigenvalue weighted by Gasteiger charge is -2.36. The van der Waals surface area contributed by atoms with Gasteiger partial charge in [-0.3, -0.25) is 19.2 Å². The zero-order valence-corrected chi connectivity index (χ0v) is 17.1. The summed E-state index contributed by atoms with van der Waals surface area (Å²) in [6.07, 6.45) is 0. The van der Waals surface area contributed by atoms with Gasteiger partial charge in [0, 0.05) is 5.38 Å². The van der Waals surface area contributed by atoms with Crippen molar-refractivity contribution in [2.75, 3.05) is 31.2 Å². The fourth-order valence-corrected chi connectivity index (χ4v) is 3.74. The number of halogens is 1. The van der Waals surface area contributed by atoms with Crippen molar-refractivity contribution >= 4 is 69.2 Å². The van der Waals surface area contributed by atoms with Gasteiger partial charge >= 0.3 is 5.97 Å². The van der Waals surface area contributed by atoms with Gasteiger partial charge in [0.2, 0.25) is 11.8 Å². The molecule has 14 heteroatoms. The van der Waals surface area contributed by atoms with Crippen LogP contribution >= 0.6 is 34.7 Å². The van der Waals surface area contributed by atoms with Gasteiger partial charge in [-0.25, -0.2) is 4.98 Å². The molecule has 1 aromatic heterocycles. The predicted octanol–water partition coefficient (Wildman–Crippen LogP) is -0.482. The number of ether oxygens (including phenoxy) is 1. The van der Waals surface area contributed by atoms with Gasteiger partial charge in [-0.1, -0.05) is 5.16 Å². The van der Waals surface area contributed by atoms with Crippen molar-refractivity contribution in [1.29, 1.82) is 0 Å². The molecule has 2 atom stereocenters. The normalized spacial score (nSPS) is 18.5. The van der Waals surface area contributed by atoms with Gasteiger partial charge in [0.15, 0.2) is 10.8 Å². The van der Waals surface area contributed by atoms with Gasteiger partial charge in [0.25, 0.3) is 5.91 Å². The minimum absolute atomic E-state index is 0.0164. The first-order valence-electron chi connectivity index (χ1n) is 7.62. The lowest BCUT2D eigenvalue weighted by atomic mass is 10.1. The highest BCUT2D eigenvalue weighted by Gasteiger charge is 2.42. The largest absolute Gasteiger partial charge is 0.468 e. The molecule has 1 saturated heterocycles. The van der Waals surface area contributed by atoms with E-state index in [4.69, 9.17) is 11.6 Å². The summed E-state index contributed by atoms with van der Waals surface area (Å²) in [5.74, 6) is -2.23. The standard InChI is InChI=1S/C14H16ClN5O6S2/c1-25-8(22)5-27-13-10(12(24)19-13)18-11(23)9(20-26-2)6-4-28-14(16-6)17-7(21)3-15/h4,10,13H,3,5H2,1-2H3,(H,18,23)(H,19,24)(H,16,17,21)/t10-,13-/m1/s1. The number of thiazole rings is 1. The van der Waals surface area contributed by atoms with E-state index < -0.39 is 35.1 Å². The number of carbonyl (C=O) groups is 4. The molecule has 0 bridgehead atoms. The number of methoxy groups -OCH3 is 1. The number of alkyl halides is 1. The molecule has 0 radical (unpaired) electrons. The molecule has 0 spiro atoms. The summed E-state index contributed by atoms with van der Waals surface area (Å²) in [6, 6.07) is -0.863. The van der Waals surface area contributed by atoms with Crippen molar-refractivity contribution in [2.45, 2.75) is 11.4 Å². The van der Waals surface area contributed by atoms with Crippen molar-refractivity contribution in [3.05, 3.63) is 11.1 Å². The van der Waals surface area contributed by atoms with Gasteiger partial charge in [-0.15, -0.1) is 34.7 Å². The van der Waals surface area contributed by atoms with Crippen LogP contribution in [0, 0.1) is 0 Å². The van der Waals surface area contributed by atoms with Gasteiger partial charge in [0.05, 0.1) is 12.9 Å². The average molecular weight is 450 g/mol. The minimum Gasteiger partial charge on any atom is -0.468 e. The molecular weight excluding hydrogens is 434 g/mol. The number of β-lactam (4-membered cyclic amide) rings is 1. The van der Waals surface area contributed by atoms with E-state index in [0.29, 0.717) is 0 Å². The van der Waals surface area contributed by atoms with Gasteiger partial charge in [-0.05, 0) is 0 Å². The van der Waals surface area contributed by atoms with E-state index >= 15 is 0 Å². The molecule has 2 rings (SSSR count). The lowest BCUT2D eigenvalue weighted by Crippen LogP contribution is -2.68. The van der Waals surface area contributed by atoms with Gasteiger partial charge in [0.1, 0.15) is 30.1 Å². The summed E-state index contributed by atoms with van der Waals surface area (Å²) in [7, 11) is 2.51. The third-order valence-electron chi connectivity index (χ3n) is 3.28. The Balaban J connectivity index is 2.04. The van der Waals surface area contributed by atoms with Crippen LogP contribution in [0.1, 0.15) is 5.69 Å². The van der Waals surface area contributed by atoms with E-state index in [-0.39, 0.29) is 28.2 Å². The lowest BCUT2D eigenvalue weighted by molar-refractivity contribution is -0.137. The van der Waals surface area contributed by atoms with Crippen LogP contribution in [0.25, 0.3) is 0 Å². The molecular formula is C14H16ClN5O6S2. The molecule has 1 aliphatic rings. The first kappa shape index (κ1) is 21.9. The van der Waals surface area contributed by atoms with E-state index in [1.807, 2.05) is 0 Å². The Morgan fingerprint density at radius 1 is 1.43 bits per heavy atom. The monoisotopic (exact) mass is 449 g/mol. The van der Waals surface area contributed by atoms with Crippen LogP contribution in [0.4, 0.5) is 5.13 Å². The van der Waals surface area contributed by atoms with Crippen molar-refractivity contribution in [3.63, 3.8) is 0 Å². The van der Waals surface area contributed by atoms with Crippen molar-refractivity contribution in [3.8, 4) is 0 Å². The fourth-order valence-electron chi connectivity index (χ4n) is 1.95. The number of thioether (sulfide) groups is 1. The van der Waals surface area contributed by atoms with Gasteiger partial charge < -0.3 is 25.5 Å². The summed E-state index contributed by atoms with van der Waals surface area (Å²) in [5, 5.41) is 12.4. The number of aromatic nitrogens is 1. The van der Waals surface area contributed by atoms with E-state index in [1.54, 1.807) is 0 Å². The highest BCUT2D eigenvalue weighted by atomic mass is 35.5. The Morgan fingerprint density at radius 2 is 2.18 bits per heavy atom. The molecule has 1 aliphatic heterocycles. The number of nitrogens with zero attached hydrogens (tertiary/aromatic N) is 2. The summed E-state index contributed by atoms with van der Waals surface area (Å²) in [6.45, 7) is 0. The summed E-state index contributed by atoms with van der Waals surface area (Å²) in [5.41, 5.74) is -0.0331. The predicted molar refractivity (Wildman–Crippen MR) is 103 cm³/mol. The first-order chi connectivity index (χ1) is 13.4. The van der Waals surface area contributed by atoms with Crippen LogP contribution in [0.5, 0.6) is 0 Å². The maximum absolute atomic E-state index is 12.6. The summed E-state index contributed by atoms with van der Waals surface area (Å²) < 4.78 is 4.54. The molecule has 28 heavy (non-hydrogen) atoms. The van der Waals surface area contributed by atoms with E-state index in [0.717, 1.165) is 23.1 Å². The Hall–Kier alpha value is -2.38. The molecule has 0 saturated carbocycles. The highest BCUT2D eigenvalue weighted by molar-refractivity contribution is 8.00. The summed E-state index contributed by atoms with van der Waals surface area (Å²) >= 11 is 7.60. The Morgan fingerprint density at radius 3 is 2.79 bits per heavy atom. The number of amides is 3. The SMILES string of the molecule is CON=C(C(=O)N[C@@H]1C(=O)N[C@@H]1SCC(=O)OC)c1csc(NC(=O)CCl)n1. The average Bonchev–Trinajstić information content (AvgIpc) is 3.14. The minimum atomic E-state index is -0.863. The third kappa shape index (κ3) is 5.56. The number of carbonyl (C=O) groups excluding carboxylic acids is 4. The van der Waals surface area contributed by atoms with Crippen LogP contribution in [-0.4, -0.2) is 71.7 Å². The van der Waals surface area contributed by atoms with Crippen LogP contribution < -0.4 is 16.0 Å². The molecule has 0 aliphatic carbocycles. The van der Waals surface area contributed by atoms with E-state index in [9.17, 15) is 19.2 Å². The van der Waals surface area contributed by atoms with Crippen LogP contribution in [0.15, 0.2) is 10.5 Å². The first-order valence-corrected chi connectivity index (χ1v) is 10.1. The Labute approximate surface area is 172 Å². The second-order valence-electron chi connectivity index (χ2n) is 5.11. The fraction of sp³-hybridized carbons (Fsp3) is 0.429. The smallest absolute Gasteiger partial charge is 0.315 e. The molecule has 3 N–H and O–H groups in total.